The predicted octanol–water partition coefficient (Wildman–Crippen LogP) is 5.46. The second-order valence-corrected chi connectivity index (χ2v) is 9.49. The average molecular weight is 474 g/mol. The SMILES string of the molecule is O=c1c2ccccc2nc(SCCCc2nc(-c3ccncc3)no2)n1CCC1=CCCCC1. The third-order valence-corrected chi connectivity index (χ3v) is 7.10. The summed E-state index contributed by atoms with van der Waals surface area (Å²) in [4.78, 5) is 26.6. The van der Waals surface area contributed by atoms with Crippen LogP contribution in [0, 0.1) is 0 Å². The van der Waals surface area contributed by atoms with Crippen LogP contribution in [-0.2, 0) is 13.0 Å². The lowest BCUT2D eigenvalue weighted by molar-refractivity contribution is 0.378. The number of hydrogen-bond donors (Lipinski definition) is 0. The Hall–Kier alpha value is -3.26. The number of aromatic nitrogens is 5. The quantitative estimate of drug-likeness (QED) is 0.138. The molecule has 34 heavy (non-hydrogen) atoms. The summed E-state index contributed by atoms with van der Waals surface area (Å²) in [7, 11) is 0. The molecule has 0 saturated heterocycles. The number of pyridine rings is 1. The summed E-state index contributed by atoms with van der Waals surface area (Å²) >= 11 is 1.62. The molecule has 7 nitrogen and oxygen atoms in total. The van der Waals surface area contributed by atoms with Crippen molar-refractivity contribution in [1.29, 1.82) is 0 Å². The zero-order valence-corrected chi connectivity index (χ0v) is 19.8. The smallest absolute Gasteiger partial charge is 0.262 e. The molecule has 0 atom stereocenters. The molecule has 174 valence electrons. The maximum Gasteiger partial charge on any atom is 0.262 e. The number of nitrogens with zero attached hydrogens (tertiary/aromatic N) is 5. The summed E-state index contributed by atoms with van der Waals surface area (Å²) in [6.07, 6.45) is 13.0. The summed E-state index contributed by atoms with van der Waals surface area (Å²) in [6.45, 7) is 0.670. The van der Waals surface area contributed by atoms with Gasteiger partial charge in [0.15, 0.2) is 5.16 Å². The highest BCUT2D eigenvalue weighted by molar-refractivity contribution is 7.99. The van der Waals surface area contributed by atoms with E-state index in [2.05, 4.69) is 21.2 Å². The van der Waals surface area contributed by atoms with Crippen LogP contribution in [0.4, 0.5) is 0 Å². The van der Waals surface area contributed by atoms with E-state index in [-0.39, 0.29) is 5.56 Å². The molecule has 0 bridgehead atoms. The van der Waals surface area contributed by atoms with Gasteiger partial charge in [-0.2, -0.15) is 4.98 Å². The number of rotatable bonds is 9. The Morgan fingerprint density at radius 2 is 1.91 bits per heavy atom. The number of fused-ring (bicyclic) bond motifs is 1. The fraction of sp³-hybridized carbons (Fsp3) is 0.346. The van der Waals surface area contributed by atoms with Gasteiger partial charge in [0, 0.05) is 36.7 Å². The zero-order valence-electron chi connectivity index (χ0n) is 19.0. The maximum atomic E-state index is 13.3. The van der Waals surface area contributed by atoms with Gasteiger partial charge in [-0.1, -0.05) is 40.7 Å². The van der Waals surface area contributed by atoms with E-state index in [1.165, 1.54) is 18.4 Å². The number of hydrogen-bond acceptors (Lipinski definition) is 7. The topological polar surface area (TPSA) is 86.7 Å². The highest BCUT2D eigenvalue weighted by atomic mass is 32.2. The number of aryl methyl sites for hydroxylation is 1. The highest BCUT2D eigenvalue weighted by Gasteiger charge is 2.14. The molecule has 3 heterocycles. The summed E-state index contributed by atoms with van der Waals surface area (Å²) in [5, 5.41) is 5.53. The van der Waals surface area contributed by atoms with Gasteiger partial charge in [-0.15, -0.1) is 0 Å². The van der Waals surface area contributed by atoms with Crippen molar-refractivity contribution in [1.82, 2.24) is 24.7 Å². The van der Waals surface area contributed by atoms with Gasteiger partial charge >= 0.3 is 0 Å². The van der Waals surface area contributed by atoms with Crippen molar-refractivity contribution in [2.75, 3.05) is 5.75 Å². The Labute approximate surface area is 202 Å². The van der Waals surface area contributed by atoms with Crippen LogP contribution in [0.5, 0.6) is 0 Å². The van der Waals surface area contributed by atoms with E-state index < -0.39 is 0 Å². The van der Waals surface area contributed by atoms with Crippen molar-refractivity contribution in [3.05, 3.63) is 76.7 Å². The first-order chi connectivity index (χ1) is 16.8. The van der Waals surface area contributed by atoms with Gasteiger partial charge in [0.25, 0.3) is 5.56 Å². The fourth-order valence-corrected chi connectivity index (χ4v) is 5.17. The van der Waals surface area contributed by atoms with Crippen molar-refractivity contribution >= 4 is 22.7 Å². The summed E-state index contributed by atoms with van der Waals surface area (Å²) in [5.74, 6) is 1.99. The maximum absolute atomic E-state index is 13.3. The lowest BCUT2D eigenvalue weighted by atomic mass is 9.97. The Kier molecular flexibility index (Phi) is 7.14. The lowest BCUT2D eigenvalue weighted by Crippen LogP contribution is -2.24. The monoisotopic (exact) mass is 473 g/mol. The standard InChI is InChI=1S/C26H27N5O2S/c32-25-21-9-4-5-10-22(21)28-26(31(25)17-14-19-7-2-1-3-8-19)34-18-6-11-23-29-24(30-33-23)20-12-15-27-16-13-20/h4-5,7,9-10,12-13,15-16H,1-3,6,8,11,14,17-18H2. The number of allylic oxidation sites excluding steroid dienone is 2. The van der Waals surface area contributed by atoms with Crippen molar-refractivity contribution < 1.29 is 4.52 Å². The molecule has 0 saturated carbocycles. The van der Waals surface area contributed by atoms with E-state index in [1.54, 1.807) is 24.2 Å². The lowest BCUT2D eigenvalue weighted by Gasteiger charge is -2.16. The van der Waals surface area contributed by atoms with E-state index in [1.807, 2.05) is 41.0 Å². The Morgan fingerprint density at radius 3 is 2.76 bits per heavy atom. The summed E-state index contributed by atoms with van der Waals surface area (Å²) in [5.41, 5.74) is 3.14. The molecular formula is C26H27N5O2S. The Balaban J connectivity index is 1.26. The van der Waals surface area contributed by atoms with Crippen LogP contribution in [0.25, 0.3) is 22.3 Å². The zero-order chi connectivity index (χ0) is 23.2. The summed E-state index contributed by atoms with van der Waals surface area (Å²) in [6, 6.07) is 11.3. The van der Waals surface area contributed by atoms with Gasteiger partial charge in [-0.25, -0.2) is 4.98 Å². The van der Waals surface area contributed by atoms with E-state index in [9.17, 15) is 4.79 Å². The molecule has 0 N–H and O–H groups in total. The molecule has 8 heteroatoms. The molecule has 0 unspecified atom stereocenters. The molecular weight excluding hydrogens is 446 g/mol. The van der Waals surface area contributed by atoms with Crippen molar-refractivity contribution in [3.8, 4) is 11.4 Å². The van der Waals surface area contributed by atoms with Crippen LogP contribution >= 0.6 is 11.8 Å². The van der Waals surface area contributed by atoms with E-state index in [4.69, 9.17) is 9.51 Å². The molecule has 0 radical (unpaired) electrons. The first-order valence-electron chi connectivity index (χ1n) is 11.8. The van der Waals surface area contributed by atoms with Crippen molar-refractivity contribution in [3.63, 3.8) is 0 Å². The van der Waals surface area contributed by atoms with E-state index >= 15 is 0 Å². The number of para-hydroxylation sites is 1. The van der Waals surface area contributed by atoms with Crippen LogP contribution < -0.4 is 5.56 Å². The van der Waals surface area contributed by atoms with Gasteiger partial charge in [-0.3, -0.25) is 14.3 Å². The predicted molar refractivity (Wildman–Crippen MR) is 134 cm³/mol. The van der Waals surface area contributed by atoms with Crippen molar-refractivity contribution in [2.45, 2.75) is 56.6 Å². The normalized spacial score (nSPS) is 13.8. The van der Waals surface area contributed by atoms with Gasteiger partial charge in [0.2, 0.25) is 11.7 Å². The molecule has 0 amide bonds. The Bertz CT molecular complexity index is 1350. The third-order valence-electron chi connectivity index (χ3n) is 6.04. The number of benzene rings is 1. The molecule has 4 aromatic rings. The van der Waals surface area contributed by atoms with Crippen LogP contribution in [0.3, 0.4) is 0 Å². The second-order valence-electron chi connectivity index (χ2n) is 8.43. The van der Waals surface area contributed by atoms with Crippen LogP contribution in [0.2, 0.25) is 0 Å². The first kappa shape index (κ1) is 22.5. The molecule has 0 fully saturated rings. The van der Waals surface area contributed by atoms with Gasteiger partial charge < -0.3 is 4.52 Å². The minimum Gasteiger partial charge on any atom is -0.339 e. The van der Waals surface area contributed by atoms with Gasteiger partial charge in [0.1, 0.15) is 0 Å². The molecule has 1 aliphatic rings. The second kappa shape index (κ2) is 10.8. The molecule has 1 aromatic carbocycles. The van der Waals surface area contributed by atoms with Crippen LogP contribution in [0.15, 0.2) is 74.9 Å². The molecule has 5 rings (SSSR count). The largest absolute Gasteiger partial charge is 0.339 e. The molecule has 0 aliphatic heterocycles. The van der Waals surface area contributed by atoms with Crippen LogP contribution in [-0.4, -0.2) is 30.4 Å². The van der Waals surface area contributed by atoms with E-state index in [0.29, 0.717) is 30.1 Å². The van der Waals surface area contributed by atoms with E-state index in [0.717, 1.165) is 47.7 Å². The molecule has 0 spiro atoms. The first-order valence-corrected chi connectivity index (χ1v) is 12.8. The minimum absolute atomic E-state index is 0.0448. The highest BCUT2D eigenvalue weighted by Crippen LogP contribution is 2.24. The van der Waals surface area contributed by atoms with Crippen molar-refractivity contribution in [2.24, 2.45) is 0 Å². The molecule has 3 aromatic heterocycles. The van der Waals surface area contributed by atoms with Crippen LogP contribution in [0.1, 0.15) is 44.4 Å². The average Bonchev–Trinajstić information content (AvgIpc) is 3.36. The van der Waals surface area contributed by atoms with Gasteiger partial charge in [-0.05, 0) is 62.8 Å². The Morgan fingerprint density at radius 1 is 1.03 bits per heavy atom. The molecule has 1 aliphatic carbocycles. The summed E-state index contributed by atoms with van der Waals surface area (Å²) < 4.78 is 7.27. The van der Waals surface area contributed by atoms with Gasteiger partial charge in [0.05, 0.1) is 10.9 Å². The number of thioether (sulfide) groups is 1. The fourth-order valence-electron chi connectivity index (χ4n) is 4.20. The minimum atomic E-state index is 0.0448. The third kappa shape index (κ3) is 5.28.